The Labute approximate surface area is 114 Å². The molecule has 2 rings (SSSR count). The molecular weight excluding hydrogens is 266 g/mol. The largest absolute Gasteiger partial charge is 0.438 e. The molecule has 0 unspecified atom stereocenters. The first kappa shape index (κ1) is 12.9. The third kappa shape index (κ3) is 3.00. The molecule has 1 heterocycles. The fourth-order valence-corrected chi connectivity index (χ4v) is 1.66. The summed E-state index contributed by atoms with van der Waals surface area (Å²) in [4.78, 5) is 15.2. The van der Waals surface area contributed by atoms with Gasteiger partial charge in [0, 0.05) is 6.07 Å². The number of pyridine rings is 1. The van der Waals surface area contributed by atoms with E-state index in [0.717, 1.165) is 0 Å². The van der Waals surface area contributed by atoms with Crippen LogP contribution >= 0.6 is 11.6 Å². The molecule has 1 amide bonds. The van der Waals surface area contributed by atoms with E-state index in [-0.39, 0.29) is 22.3 Å². The van der Waals surface area contributed by atoms with Gasteiger partial charge in [-0.05, 0) is 18.2 Å². The van der Waals surface area contributed by atoms with Crippen molar-refractivity contribution in [2.24, 2.45) is 5.73 Å². The molecule has 0 aliphatic carbocycles. The molecule has 1 aromatic carbocycles. The van der Waals surface area contributed by atoms with Crippen molar-refractivity contribution < 1.29 is 9.53 Å². The molecule has 0 saturated carbocycles. The van der Waals surface area contributed by atoms with Gasteiger partial charge in [0.05, 0.1) is 17.2 Å². The molecule has 0 bridgehead atoms. The number of carbonyl (C=O) groups excluding carboxylic acids is 1. The molecule has 6 heteroatoms. The minimum Gasteiger partial charge on any atom is -0.438 e. The molecule has 2 aromatic rings. The highest BCUT2D eigenvalue weighted by Gasteiger charge is 2.10. The molecule has 1 aromatic heterocycles. The summed E-state index contributed by atoms with van der Waals surface area (Å²) in [6, 6.07) is 11.2. The van der Waals surface area contributed by atoms with Crippen LogP contribution in [0, 0.1) is 11.3 Å². The number of hydrogen-bond donors (Lipinski definition) is 1. The van der Waals surface area contributed by atoms with Gasteiger partial charge >= 0.3 is 0 Å². The Bertz CT molecular complexity index is 680. The minimum absolute atomic E-state index is 0.123. The van der Waals surface area contributed by atoms with E-state index in [4.69, 9.17) is 27.3 Å². The van der Waals surface area contributed by atoms with Crippen molar-refractivity contribution in [3.63, 3.8) is 0 Å². The van der Waals surface area contributed by atoms with Crippen molar-refractivity contribution in [2.75, 3.05) is 0 Å². The molecule has 0 spiro atoms. The molecule has 94 valence electrons. The zero-order chi connectivity index (χ0) is 13.8. The van der Waals surface area contributed by atoms with Gasteiger partial charge in [-0.3, -0.25) is 4.79 Å². The second-order valence-electron chi connectivity index (χ2n) is 3.59. The Hall–Kier alpha value is -2.58. The molecule has 0 fully saturated rings. The molecule has 0 saturated heterocycles. The summed E-state index contributed by atoms with van der Waals surface area (Å²) in [5, 5.41) is 8.96. The number of hydrogen-bond acceptors (Lipinski definition) is 4. The van der Waals surface area contributed by atoms with E-state index >= 15 is 0 Å². The molecule has 19 heavy (non-hydrogen) atoms. The number of para-hydroxylation sites is 1. The standard InChI is InChI=1S/C13H8ClN3O2/c14-11-5-8(7-15)6-12(17-11)19-10-4-2-1-3-9(10)13(16)18/h1-6H,(H2,16,18). The Balaban J connectivity index is 2.39. The molecule has 2 N–H and O–H groups in total. The van der Waals surface area contributed by atoms with Gasteiger partial charge in [-0.1, -0.05) is 23.7 Å². The number of nitrogens with two attached hydrogens (primary N) is 1. The number of benzene rings is 1. The topological polar surface area (TPSA) is 89.0 Å². The Kier molecular flexibility index (Phi) is 3.64. The van der Waals surface area contributed by atoms with Gasteiger partial charge < -0.3 is 10.5 Å². The van der Waals surface area contributed by atoms with Crippen LogP contribution in [0.1, 0.15) is 15.9 Å². The minimum atomic E-state index is -0.613. The number of carbonyl (C=O) groups is 1. The van der Waals surface area contributed by atoms with Gasteiger partial charge in [-0.15, -0.1) is 0 Å². The maximum Gasteiger partial charge on any atom is 0.252 e. The number of halogens is 1. The van der Waals surface area contributed by atoms with Crippen molar-refractivity contribution in [3.05, 3.63) is 52.7 Å². The zero-order valence-electron chi connectivity index (χ0n) is 9.63. The molecule has 0 aliphatic heterocycles. The Morgan fingerprint density at radius 2 is 2.11 bits per heavy atom. The van der Waals surface area contributed by atoms with Crippen molar-refractivity contribution in [2.45, 2.75) is 0 Å². The van der Waals surface area contributed by atoms with Crippen LogP contribution in [-0.4, -0.2) is 10.9 Å². The second kappa shape index (κ2) is 5.38. The summed E-state index contributed by atoms with van der Waals surface area (Å²) in [7, 11) is 0. The van der Waals surface area contributed by atoms with E-state index in [2.05, 4.69) is 4.98 Å². The van der Waals surface area contributed by atoms with Crippen molar-refractivity contribution in [3.8, 4) is 17.7 Å². The normalized spacial score (nSPS) is 9.68. The highest BCUT2D eigenvalue weighted by Crippen LogP contribution is 2.25. The number of aromatic nitrogens is 1. The summed E-state index contributed by atoms with van der Waals surface area (Å²) in [6.45, 7) is 0. The highest BCUT2D eigenvalue weighted by molar-refractivity contribution is 6.29. The second-order valence-corrected chi connectivity index (χ2v) is 3.98. The molecule has 0 atom stereocenters. The Morgan fingerprint density at radius 3 is 2.79 bits per heavy atom. The van der Waals surface area contributed by atoms with Gasteiger partial charge in [0.2, 0.25) is 5.88 Å². The number of ether oxygens (including phenoxy) is 1. The van der Waals surface area contributed by atoms with Gasteiger partial charge in [-0.2, -0.15) is 5.26 Å². The van der Waals surface area contributed by atoms with Crippen LogP contribution in [0.5, 0.6) is 11.6 Å². The molecule has 0 aliphatic rings. The van der Waals surface area contributed by atoms with Crippen LogP contribution in [0.2, 0.25) is 5.15 Å². The van der Waals surface area contributed by atoms with Gasteiger partial charge in [0.1, 0.15) is 10.9 Å². The van der Waals surface area contributed by atoms with Crippen molar-refractivity contribution in [1.29, 1.82) is 5.26 Å². The maximum atomic E-state index is 11.2. The summed E-state index contributed by atoms with van der Waals surface area (Å²) >= 11 is 5.76. The molecular formula is C13H8ClN3O2. The number of nitrogens with zero attached hydrogens (tertiary/aromatic N) is 2. The smallest absolute Gasteiger partial charge is 0.252 e. The highest BCUT2D eigenvalue weighted by atomic mass is 35.5. The van der Waals surface area contributed by atoms with Crippen LogP contribution in [0.25, 0.3) is 0 Å². The van der Waals surface area contributed by atoms with E-state index in [9.17, 15) is 4.79 Å². The van der Waals surface area contributed by atoms with E-state index < -0.39 is 5.91 Å². The number of rotatable bonds is 3. The quantitative estimate of drug-likeness (QED) is 0.870. The van der Waals surface area contributed by atoms with E-state index in [1.165, 1.54) is 18.2 Å². The van der Waals surface area contributed by atoms with Crippen LogP contribution in [0.4, 0.5) is 0 Å². The van der Waals surface area contributed by atoms with Crippen molar-refractivity contribution >= 4 is 17.5 Å². The van der Waals surface area contributed by atoms with E-state index in [1.807, 2.05) is 6.07 Å². The van der Waals surface area contributed by atoms with E-state index in [0.29, 0.717) is 5.56 Å². The average Bonchev–Trinajstić information content (AvgIpc) is 2.38. The van der Waals surface area contributed by atoms with Gasteiger partial charge in [0.15, 0.2) is 0 Å². The maximum absolute atomic E-state index is 11.2. The summed E-state index contributed by atoms with van der Waals surface area (Å²) in [5.41, 5.74) is 5.77. The van der Waals surface area contributed by atoms with Crippen LogP contribution in [-0.2, 0) is 0 Å². The first-order valence-electron chi connectivity index (χ1n) is 5.24. The predicted molar refractivity (Wildman–Crippen MR) is 69.0 cm³/mol. The fourth-order valence-electron chi connectivity index (χ4n) is 1.46. The van der Waals surface area contributed by atoms with Crippen LogP contribution in [0.15, 0.2) is 36.4 Å². The monoisotopic (exact) mass is 273 g/mol. The third-order valence-electron chi connectivity index (χ3n) is 2.27. The van der Waals surface area contributed by atoms with Crippen LogP contribution in [0.3, 0.4) is 0 Å². The fraction of sp³-hybridized carbons (Fsp3) is 0. The third-order valence-corrected chi connectivity index (χ3v) is 2.46. The number of primary amides is 1. The predicted octanol–water partition coefficient (Wildman–Crippen LogP) is 2.50. The number of amides is 1. The first-order valence-corrected chi connectivity index (χ1v) is 5.62. The summed E-state index contributed by atoms with van der Waals surface area (Å²) < 4.78 is 5.45. The van der Waals surface area contributed by atoms with Crippen molar-refractivity contribution in [1.82, 2.24) is 4.98 Å². The molecule has 5 nitrogen and oxygen atoms in total. The van der Waals surface area contributed by atoms with Crippen LogP contribution < -0.4 is 10.5 Å². The van der Waals surface area contributed by atoms with E-state index in [1.54, 1.807) is 18.2 Å². The lowest BCUT2D eigenvalue weighted by Gasteiger charge is -2.08. The van der Waals surface area contributed by atoms with Gasteiger partial charge in [-0.25, -0.2) is 4.98 Å². The molecule has 0 radical (unpaired) electrons. The number of nitriles is 1. The first-order chi connectivity index (χ1) is 9.10. The Morgan fingerprint density at radius 1 is 1.37 bits per heavy atom. The van der Waals surface area contributed by atoms with Gasteiger partial charge in [0.25, 0.3) is 5.91 Å². The lowest BCUT2D eigenvalue weighted by Crippen LogP contribution is -2.12. The average molecular weight is 274 g/mol. The zero-order valence-corrected chi connectivity index (χ0v) is 10.4. The summed E-state index contributed by atoms with van der Waals surface area (Å²) in [5.74, 6) is -0.232. The SMILES string of the molecule is N#Cc1cc(Cl)nc(Oc2ccccc2C(N)=O)c1. The lowest BCUT2D eigenvalue weighted by molar-refractivity contribution is 0.0998. The lowest BCUT2D eigenvalue weighted by atomic mass is 10.2. The summed E-state index contributed by atoms with van der Waals surface area (Å²) in [6.07, 6.45) is 0.